The Morgan fingerprint density at radius 2 is 1.81 bits per heavy atom. The molecule has 0 radical (unpaired) electrons. The van der Waals surface area contributed by atoms with Gasteiger partial charge in [-0.3, -0.25) is 9.59 Å². The van der Waals surface area contributed by atoms with Crippen LogP contribution in [-0.2, 0) is 16.1 Å². The summed E-state index contributed by atoms with van der Waals surface area (Å²) in [4.78, 5) is 23.7. The first kappa shape index (κ1) is 18.9. The van der Waals surface area contributed by atoms with Gasteiger partial charge in [-0.1, -0.05) is 24.3 Å². The topological polar surface area (TPSA) is 88.4 Å². The van der Waals surface area contributed by atoms with Crippen LogP contribution in [0.25, 0.3) is 0 Å². The molecule has 0 heterocycles. The molecule has 1 N–H and O–H groups in total. The Morgan fingerprint density at radius 3 is 2.46 bits per heavy atom. The molecular weight excluding hydrogens is 346 g/mol. The minimum absolute atomic E-state index is 0.0223. The summed E-state index contributed by atoms with van der Waals surface area (Å²) in [6.45, 7) is -3.52. The monoisotopic (exact) mass is 360 g/mol. The third kappa shape index (κ3) is 5.56. The summed E-state index contributed by atoms with van der Waals surface area (Å²) in [7, 11) is 0. The van der Waals surface area contributed by atoms with Gasteiger partial charge >= 0.3 is 12.6 Å². The van der Waals surface area contributed by atoms with Crippen LogP contribution < -0.4 is 10.1 Å². The predicted molar refractivity (Wildman–Crippen MR) is 86.4 cm³/mol. The molecule has 2 aromatic carbocycles. The molecule has 0 aliphatic rings. The highest BCUT2D eigenvalue weighted by molar-refractivity contribution is 5.98. The molecule has 2 rings (SSSR count). The summed E-state index contributed by atoms with van der Waals surface area (Å²) in [5.41, 5.74) is 1.05. The van der Waals surface area contributed by atoms with Crippen molar-refractivity contribution in [3.63, 3.8) is 0 Å². The molecule has 0 unspecified atom stereocenters. The summed E-state index contributed by atoms with van der Waals surface area (Å²) >= 11 is 0. The zero-order valence-corrected chi connectivity index (χ0v) is 13.4. The van der Waals surface area contributed by atoms with E-state index in [9.17, 15) is 18.4 Å². The fraction of sp³-hybridized carbons (Fsp3) is 0.167. The lowest BCUT2D eigenvalue weighted by Crippen LogP contribution is -2.31. The number of carbonyl (C=O) groups is 2. The standard InChI is InChI=1S/C18H14F2N2O4/c19-18(20)26-15-4-2-1-3-14(15)17(24)22-10-16(23)25-11-13-7-5-12(9-21)6-8-13/h1-8,18H,10-11H2,(H,22,24). The maximum absolute atomic E-state index is 12.3. The quantitative estimate of drug-likeness (QED) is 0.767. The average Bonchev–Trinajstić information content (AvgIpc) is 2.64. The van der Waals surface area contributed by atoms with Gasteiger partial charge in [0.15, 0.2) is 0 Å². The first-order chi connectivity index (χ1) is 12.5. The van der Waals surface area contributed by atoms with Gasteiger partial charge in [0.25, 0.3) is 5.91 Å². The number of halogens is 2. The molecule has 0 aliphatic heterocycles. The molecule has 0 aliphatic carbocycles. The van der Waals surface area contributed by atoms with E-state index in [1.54, 1.807) is 24.3 Å². The SMILES string of the molecule is N#Cc1ccc(COC(=O)CNC(=O)c2ccccc2OC(F)F)cc1. The van der Waals surface area contributed by atoms with E-state index in [-0.39, 0.29) is 17.9 Å². The number of alkyl halides is 2. The molecule has 0 bridgehead atoms. The molecule has 0 fully saturated rings. The van der Waals surface area contributed by atoms with E-state index in [4.69, 9.17) is 10.00 Å². The van der Waals surface area contributed by atoms with Crippen LogP contribution in [-0.4, -0.2) is 25.0 Å². The molecule has 2 aromatic rings. The van der Waals surface area contributed by atoms with Gasteiger partial charge in [-0.05, 0) is 29.8 Å². The fourth-order valence-corrected chi connectivity index (χ4v) is 1.99. The van der Waals surface area contributed by atoms with Gasteiger partial charge in [0, 0.05) is 0 Å². The number of hydrogen-bond acceptors (Lipinski definition) is 5. The summed E-state index contributed by atoms with van der Waals surface area (Å²) in [5.74, 6) is -1.72. The summed E-state index contributed by atoms with van der Waals surface area (Å²) in [6, 6.07) is 13.9. The van der Waals surface area contributed by atoms with Crippen molar-refractivity contribution >= 4 is 11.9 Å². The molecule has 0 spiro atoms. The van der Waals surface area contributed by atoms with Crippen molar-refractivity contribution in [2.75, 3.05) is 6.54 Å². The molecule has 134 valence electrons. The van der Waals surface area contributed by atoms with E-state index in [1.165, 1.54) is 24.3 Å². The molecule has 0 atom stereocenters. The number of esters is 1. The zero-order valence-electron chi connectivity index (χ0n) is 13.4. The van der Waals surface area contributed by atoms with Crippen LogP contribution in [0.2, 0.25) is 0 Å². The minimum atomic E-state index is -3.07. The lowest BCUT2D eigenvalue weighted by atomic mass is 10.2. The van der Waals surface area contributed by atoms with Crippen LogP contribution in [0.4, 0.5) is 8.78 Å². The lowest BCUT2D eigenvalue weighted by molar-refractivity contribution is -0.143. The van der Waals surface area contributed by atoms with E-state index < -0.39 is 25.0 Å². The molecule has 8 heteroatoms. The van der Waals surface area contributed by atoms with Crippen LogP contribution in [0.15, 0.2) is 48.5 Å². The first-order valence-corrected chi connectivity index (χ1v) is 7.46. The Balaban J connectivity index is 1.85. The van der Waals surface area contributed by atoms with Crippen LogP contribution in [0.1, 0.15) is 21.5 Å². The van der Waals surface area contributed by atoms with E-state index in [2.05, 4.69) is 10.1 Å². The highest BCUT2D eigenvalue weighted by atomic mass is 19.3. The number of ether oxygens (including phenoxy) is 2. The van der Waals surface area contributed by atoms with Crippen molar-refractivity contribution in [2.24, 2.45) is 0 Å². The number of carbonyl (C=O) groups excluding carboxylic acids is 2. The van der Waals surface area contributed by atoms with Crippen LogP contribution in [0.3, 0.4) is 0 Å². The van der Waals surface area contributed by atoms with Crippen molar-refractivity contribution in [3.8, 4) is 11.8 Å². The Kier molecular flexibility index (Phi) is 6.62. The van der Waals surface area contributed by atoms with Crippen molar-refractivity contribution in [1.29, 1.82) is 5.26 Å². The molecule has 0 saturated carbocycles. The van der Waals surface area contributed by atoms with Crippen molar-refractivity contribution in [3.05, 3.63) is 65.2 Å². The average molecular weight is 360 g/mol. The van der Waals surface area contributed by atoms with Gasteiger partial charge in [-0.25, -0.2) is 0 Å². The normalized spacial score (nSPS) is 10.1. The number of nitrogens with one attached hydrogen (secondary N) is 1. The first-order valence-electron chi connectivity index (χ1n) is 7.46. The number of nitrogens with zero attached hydrogens (tertiary/aromatic N) is 1. The Labute approximate surface area is 148 Å². The van der Waals surface area contributed by atoms with Crippen LogP contribution in [0.5, 0.6) is 5.75 Å². The minimum Gasteiger partial charge on any atom is -0.460 e. The highest BCUT2D eigenvalue weighted by Gasteiger charge is 2.16. The van der Waals surface area contributed by atoms with Gasteiger partial charge in [0.1, 0.15) is 18.9 Å². The van der Waals surface area contributed by atoms with Crippen LogP contribution >= 0.6 is 0 Å². The molecule has 0 aromatic heterocycles. The van der Waals surface area contributed by atoms with E-state index in [0.29, 0.717) is 11.1 Å². The molecule has 0 saturated heterocycles. The van der Waals surface area contributed by atoms with Gasteiger partial charge < -0.3 is 14.8 Å². The predicted octanol–water partition coefficient (Wildman–Crippen LogP) is 2.63. The third-order valence-electron chi connectivity index (χ3n) is 3.22. The Bertz CT molecular complexity index is 817. The second-order valence-corrected chi connectivity index (χ2v) is 5.03. The largest absolute Gasteiger partial charge is 0.460 e. The summed E-state index contributed by atoms with van der Waals surface area (Å²) < 4.78 is 33.9. The highest BCUT2D eigenvalue weighted by Crippen LogP contribution is 2.19. The maximum atomic E-state index is 12.3. The van der Waals surface area contributed by atoms with Crippen molar-refractivity contribution < 1.29 is 27.8 Å². The van der Waals surface area contributed by atoms with Gasteiger partial charge in [-0.15, -0.1) is 0 Å². The second-order valence-electron chi connectivity index (χ2n) is 5.03. The lowest BCUT2D eigenvalue weighted by Gasteiger charge is -2.11. The van der Waals surface area contributed by atoms with Gasteiger partial charge in [0.05, 0.1) is 17.2 Å². The van der Waals surface area contributed by atoms with E-state index in [0.717, 1.165) is 0 Å². The van der Waals surface area contributed by atoms with Crippen molar-refractivity contribution in [1.82, 2.24) is 5.32 Å². The maximum Gasteiger partial charge on any atom is 0.387 e. The second kappa shape index (κ2) is 9.13. The Hall–Kier alpha value is -3.47. The molecule has 1 amide bonds. The number of hydrogen-bond donors (Lipinski definition) is 1. The number of amides is 1. The summed E-state index contributed by atoms with van der Waals surface area (Å²) in [5, 5.41) is 11.0. The smallest absolute Gasteiger partial charge is 0.387 e. The number of nitriles is 1. The molecule has 6 nitrogen and oxygen atoms in total. The number of para-hydroxylation sites is 1. The van der Waals surface area contributed by atoms with E-state index >= 15 is 0 Å². The third-order valence-corrected chi connectivity index (χ3v) is 3.22. The van der Waals surface area contributed by atoms with Crippen molar-refractivity contribution in [2.45, 2.75) is 13.2 Å². The molecule has 26 heavy (non-hydrogen) atoms. The van der Waals surface area contributed by atoms with Gasteiger partial charge in [0.2, 0.25) is 0 Å². The van der Waals surface area contributed by atoms with Crippen LogP contribution in [0, 0.1) is 11.3 Å². The van der Waals surface area contributed by atoms with Gasteiger partial charge in [-0.2, -0.15) is 14.0 Å². The Morgan fingerprint density at radius 1 is 1.12 bits per heavy atom. The van der Waals surface area contributed by atoms with E-state index in [1.807, 2.05) is 6.07 Å². The number of rotatable bonds is 7. The fourth-order valence-electron chi connectivity index (χ4n) is 1.99. The zero-order chi connectivity index (χ0) is 18.9. The summed E-state index contributed by atoms with van der Waals surface area (Å²) in [6.07, 6.45) is 0. The molecular formula is C18H14F2N2O4. The number of benzene rings is 2.